The highest BCUT2D eigenvalue weighted by molar-refractivity contribution is 5.97. The van der Waals surface area contributed by atoms with E-state index in [0.29, 0.717) is 12.2 Å². The lowest BCUT2D eigenvalue weighted by atomic mass is 10.1. The largest absolute Gasteiger partial charge is 0.507 e. The number of benzene rings is 1. The van der Waals surface area contributed by atoms with E-state index in [0.717, 1.165) is 5.56 Å². The summed E-state index contributed by atoms with van der Waals surface area (Å²) in [6.45, 7) is 0.358. The third-order valence-corrected chi connectivity index (χ3v) is 2.44. The number of hydrogen-bond acceptors (Lipinski definition) is 4. The zero-order valence-corrected chi connectivity index (χ0v) is 9.63. The van der Waals surface area contributed by atoms with Gasteiger partial charge < -0.3 is 16.2 Å². The Hall–Kier alpha value is -2.56. The molecule has 18 heavy (non-hydrogen) atoms. The maximum atomic E-state index is 11.8. The molecule has 0 fully saturated rings. The van der Waals surface area contributed by atoms with Crippen molar-refractivity contribution in [1.82, 2.24) is 10.3 Å². The van der Waals surface area contributed by atoms with Gasteiger partial charge in [-0.1, -0.05) is 6.07 Å². The number of nitrogens with two attached hydrogens (primary N) is 1. The Morgan fingerprint density at radius 2 is 2.22 bits per heavy atom. The second kappa shape index (κ2) is 5.18. The fourth-order valence-electron chi connectivity index (χ4n) is 1.52. The number of nitrogens with zero attached hydrogens (tertiary/aromatic N) is 1. The van der Waals surface area contributed by atoms with E-state index in [1.807, 2.05) is 6.07 Å². The van der Waals surface area contributed by atoms with Crippen LogP contribution in [0.5, 0.6) is 5.75 Å². The predicted molar refractivity (Wildman–Crippen MR) is 67.9 cm³/mol. The number of aromatic nitrogens is 1. The van der Waals surface area contributed by atoms with Crippen LogP contribution in [0.25, 0.3) is 0 Å². The van der Waals surface area contributed by atoms with Gasteiger partial charge >= 0.3 is 0 Å². The van der Waals surface area contributed by atoms with Crippen molar-refractivity contribution in [2.75, 3.05) is 5.73 Å². The lowest BCUT2D eigenvalue weighted by molar-refractivity contribution is 0.0948. The van der Waals surface area contributed by atoms with E-state index in [9.17, 15) is 9.90 Å². The van der Waals surface area contributed by atoms with Crippen molar-refractivity contribution in [3.8, 4) is 5.75 Å². The molecule has 0 atom stereocenters. The molecule has 1 amide bonds. The fraction of sp³-hybridized carbons (Fsp3) is 0.0769. The van der Waals surface area contributed by atoms with Crippen LogP contribution in [0.15, 0.2) is 42.7 Å². The van der Waals surface area contributed by atoms with Crippen molar-refractivity contribution < 1.29 is 9.90 Å². The van der Waals surface area contributed by atoms with Crippen LogP contribution in [-0.2, 0) is 6.54 Å². The van der Waals surface area contributed by atoms with Crippen LogP contribution in [0.1, 0.15) is 15.9 Å². The van der Waals surface area contributed by atoms with Crippen LogP contribution in [-0.4, -0.2) is 16.0 Å². The molecule has 0 spiro atoms. The molecule has 92 valence electrons. The Morgan fingerprint density at radius 1 is 1.39 bits per heavy atom. The van der Waals surface area contributed by atoms with Gasteiger partial charge in [-0.25, -0.2) is 0 Å². The van der Waals surface area contributed by atoms with Gasteiger partial charge in [-0.3, -0.25) is 9.78 Å². The smallest absolute Gasteiger partial charge is 0.255 e. The summed E-state index contributed by atoms with van der Waals surface area (Å²) >= 11 is 0. The first-order valence-electron chi connectivity index (χ1n) is 5.42. The number of amides is 1. The van der Waals surface area contributed by atoms with E-state index in [1.165, 1.54) is 12.1 Å². The Balaban J connectivity index is 2.04. The standard InChI is InChI=1S/C13H13N3O2/c14-10-3-4-11(12(17)6-10)13(18)16-8-9-2-1-5-15-7-9/h1-7,17H,8,14H2,(H,16,18). The number of nitrogen functional groups attached to an aromatic ring is 1. The molecule has 0 saturated heterocycles. The van der Waals surface area contributed by atoms with E-state index in [2.05, 4.69) is 10.3 Å². The number of carbonyl (C=O) groups is 1. The highest BCUT2D eigenvalue weighted by Crippen LogP contribution is 2.19. The molecule has 1 aromatic heterocycles. The molecule has 0 aliphatic heterocycles. The first-order valence-corrected chi connectivity index (χ1v) is 5.42. The average molecular weight is 243 g/mol. The van der Waals surface area contributed by atoms with Crippen LogP contribution in [0.2, 0.25) is 0 Å². The van der Waals surface area contributed by atoms with Crippen molar-refractivity contribution in [1.29, 1.82) is 0 Å². The van der Waals surface area contributed by atoms with Crippen LogP contribution in [0.4, 0.5) is 5.69 Å². The second-order valence-electron chi connectivity index (χ2n) is 3.82. The minimum Gasteiger partial charge on any atom is -0.507 e. The number of carbonyl (C=O) groups excluding carboxylic acids is 1. The third kappa shape index (κ3) is 2.76. The molecule has 4 N–H and O–H groups in total. The number of phenols is 1. The number of phenolic OH excluding ortho intramolecular Hbond substituents is 1. The molecule has 2 aromatic rings. The molecule has 0 bridgehead atoms. The quantitative estimate of drug-likeness (QED) is 0.709. The minimum atomic E-state index is -0.351. The van der Waals surface area contributed by atoms with Gasteiger partial charge in [0.15, 0.2) is 0 Å². The molecule has 5 heteroatoms. The number of nitrogens with one attached hydrogen (secondary N) is 1. The maximum absolute atomic E-state index is 11.8. The van der Waals surface area contributed by atoms with Crippen LogP contribution in [0, 0.1) is 0 Å². The average Bonchev–Trinajstić information content (AvgIpc) is 2.37. The van der Waals surface area contributed by atoms with Gasteiger partial charge in [0, 0.05) is 30.7 Å². The molecule has 5 nitrogen and oxygen atoms in total. The highest BCUT2D eigenvalue weighted by Gasteiger charge is 2.10. The zero-order chi connectivity index (χ0) is 13.0. The third-order valence-electron chi connectivity index (χ3n) is 2.44. The lowest BCUT2D eigenvalue weighted by Gasteiger charge is -2.07. The molecule has 0 radical (unpaired) electrons. The topological polar surface area (TPSA) is 88.2 Å². The Kier molecular flexibility index (Phi) is 3.43. The van der Waals surface area contributed by atoms with Gasteiger partial charge in [-0.2, -0.15) is 0 Å². The van der Waals surface area contributed by atoms with Gasteiger partial charge in [-0.05, 0) is 23.8 Å². The van der Waals surface area contributed by atoms with Gasteiger partial charge in [0.2, 0.25) is 0 Å². The number of rotatable bonds is 3. The summed E-state index contributed by atoms with van der Waals surface area (Å²) in [6, 6.07) is 8.05. The lowest BCUT2D eigenvalue weighted by Crippen LogP contribution is -2.22. The first kappa shape index (κ1) is 11.9. The summed E-state index contributed by atoms with van der Waals surface area (Å²) in [4.78, 5) is 15.8. The van der Waals surface area contributed by atoms with Gasteiger partial charge in [0.25, 0.3) is 5.91 Å². The van der Waals surface area contributed by atoms with Gasteiger partial charge in [0.1, 0.15) is 5.75 Å². The molecule has 0 saturated carbocycles. The van der Waals surface area contributed by atoms with E-state index in [4.69, 9.17) is 5.73 Å². The highest BCUT2D eigenvalue weighted by atomic mass is 16.3. The first-order chi connectivity index (χ1) is 8.66. The molecule has 0 aliphatic rings. The summed E-state index contributed by atoms with van der Waals surface area (Å²) in [5, 5.41) is 12.3. The van der Waals surface area contributed by atoms with Crippen molar-refractivity contribution in [3.05, 3.63) is 53.9 Å². The minimum absolute atomic E-state index is 0.126. The van der Waals surface area contributed by atoms with Crippen LogP contribution < -0.4 is 11.1 Å². The summed E-state index contributed by atoms with van der Waals surface area (Å²) in [7, 11) is 0. The summed E-state index contributed by atoms with van der Waals surface area (Å²) < 4.78 is 0. The van der Waals surface area contributed by atoms with E-state index in [1.54, 1.807) is 24.5 Å². The Labute approximate surface area is 104 Å². The van der Waals surface area contributed by atoms with Crippen molar-refractivity contribution in [3.63, 3.8) is 0 Å². The molecule has 1 heterocycles. The summed E-state index contributed by atoms with van der Waals surface area (Å²) in [6.07, 6.45) is 3.33. The molecular formula is C13H13N3O2. The molecular weight excluding hydrogens is 230 g/mol. The Morgan fingerprint density at radius 3 is 2.89 bits per heavy atom. The van der Waals surface area contributed by atoms with Crippen LogP contribution in [0.3, 0.4) is 0 Å². The van der Waals surface area contributed by atoms with E-state index < -0.39 is 0 Å². The Bertz CT molecular complexity index is 555. The number of anilines is 1. The monoisotopic (exact) mass is 243 g/mol. The second-order valence-corrected chi connectivity index (χ2v) is 3.82. The van der Waals surface area contributed by atoms with Crippen molar-refractivity contribution in [2.45, 2.75) is 6.54 Å². The summed E-state index contributed by atoms with van der Waals surface area (Å²) in [5.41, 5.74) is 7.00. The predicted octanol–water partition coefficient (Wildman–Crippen LogP) is 1.30. The number of aromatic hydroxyl groups is 1. The number of hydrogen-bond donors (Lipinski definition) is 3. The van der Waals surface area contributed by atoms with Gasteiger partial charge in [-0.15, -0.1) is 0 Å². The van der Waals surface area contributed by atoms with Crippen molar-refractivity contribution >= 4 is 11.6 Å². The molecule has 0 aliphatic carbocycles. The molecule has 1 aromatic carbocycles. The number of pyridine rings is 1. The zero-order valence-electron chi connectivity index (χ0n) is 9.63. The van der Waals surface area contributed by atoms with Gasteiger partial charge in [0.05, 0.1) is 5.56 Å². The van der Waals surface area contributed by atoms with Crippen molar-refractivity contribution in [2.24, 2.45) is 0 Å². The molecule has 2 rings (SSSR count). The molecule has 0 unspecified atom stereocenters. The normalized spacial score (nSPS) is 10.0. The summed E-state index contributed by atoms with van der Waals surface area (Å²) in [5.74, 6) is -0.477. The van der Waals surface area contributed by atoms with E-state index >= 15 is 0 Å². The SMILES string of the molecule is Nc1ccc(C(=O)NCc2cccnc2)c(O)c1. The van der Waals surface area contributed by atoms with E-state index in [-0.39, 0.29) is 17.2 Å². The fourth-order valence-corrected chi connectivity index (χ4v) is 1.52. The van der Waals surface area contributed by atoms with Crippen LogP contribution >= 0.6 is 0 Å². The maximum Gasteiger partial charge on any atom is 0.255 e.